The highest BCUT2D eigenvalue weighted by Crippen LogP contribution is 2.31. The largest absolute Gasteiger partial charge is 0.460 e. The van der Waals surface area contributed by atoms with Crippen molar-refractivity contribution in [3.8, 4) is 0 Å². The van der Waals surface area contributed by atoms with Crippen LogP contribution in [0, 0.1) is 17.3 Å². The summed E-state index contributed by atoms with van der Waals surface area (Å²) in [5.74, 6) is -5.82. The first-order valence-electron chi connectivity index (χ1n) is 22.8. The van der Waals surface area contributed by atoms with E-state index < -0.39 is 109 Å². The molecule has 0 aromatic heterocycles. The number of nitrogens with two attached hydrogens (primary N) is 2. The monoisotopic (exact) mass is 946 g/mol. The zero-order chi connectivity index (χ0) is 50.5. The Morgan fingerprint density at radius 3 is 2.18 bits per heavy atom. The van der Waals surface area contributed by atoms with Crippen molar-refractivity contribution in [1.82, 2.24) is 37.2 Å². The van der Waals surface area contributed by atoms with E-state index in [1.807, 2.05) is 12.2 Å². The van der Waals surface area contributed by atoms with E-state index in [9.17, 15) is 43.2 Å². The van der Waals surface area contributed by atoms with E-state index in [1.54, 1.807) is 32.9 Å². The number of hydrogen-bond acceptors (Lipinski definition) is 12. The van der Waals surface area contributed by atoms with Gasteiger partial charge in [0.15, 0.2) is 0 Å². The number of primary amides is 2. The molecule has 21 heteroatoms. The average Bonchev–Trinajstić information content (AvgIpc) is 3.25. The van der Waals surface area contributed by atoms with Crippen molar-refractivity contribution in [3.63, 3.8) is 0 Å². The molecule has 1 heterocycles. The molecule has 0 fully saturated rings. The predicted molar refractivity (Wildman–Crippen MR) is 250 cm³/mol. The zero-order valence-electron chi connectivity index (χ0n) is 40.3. The van der Waals surface area contributed by atoms with Crippen molar-refractivity contribution in [2.24, 2.45) is 28.7 Å². The Morgan fingerprint density at radius 2 is 1.55 bits per heavy atom. The summed E-state index contributed by atoms with van der Waals surface area (Å²) in [5, 5.41) is 16.7. The van der Waals surface area contributed by atoms with Crippen LogP contribution in [0.3, 0.4) is 0 Å². The maximum atomic E-state index is 14.1. The van der Waals surface area contributed by atoms with Crippen LogP contribution in [0.1, 0.15) is 106 Å². The molecule has 0 aliphatic carbocycles. The van der Waals surface area contributed by atoms with Gasteiger partial charge in [-0.3, -0.25) is 33.6 Å². The minimum absolute atomic E-state index is 0.0327. The lowest BCUT2D eigenvalue weighted by Crippen LogP contribution is -2.56. The molecule has 376 valence electrons. The van der Waals surface area contributed by atoms with E-state index in [2.05, 4.69) is 51.1 Å². The number of carbonyl (C=O) groups is 9. The van der Waals surface area contributed by atoms with Crippen LogP contribution in [-0.4, -0.2) is 117 Å². The summed E-state index contributed by atoms with van der Waals surface area (Å²) in [6.45, 7) is 10.7. The summed E-state index contributed by atoms with van der Waals surface area (Å²) in [7, 11) is 1.46. The Labute approximate surface area is 394 Å². The number of cyclic esters (lactones) is 2. The van der Waals surface area contributed by atoms with Crippen molar-refractivity contribution in [3.05, 3.63) is 48.2 Å². The fourth-order valence-electron chi connectivity index (χ4n) is 6.33. The molecule has 1 aliphatic rings. The summed E-state index contributed by atoms with van der Waals surface area (Å²) in [6.07, 6.45) is 14.2. The Morgan fingerprint density at radius 1 is 0.881 bits per heavy atom. The molecule has 11 N–H and O–H groups in total. The molecule has 0 spiro atoms. The van der Waals surface area contributed by atoms with Crippen LogP contribution in [0.2, 0.25) is 0 Å². The summed E-state index contributed by atoms with van der Waals surface area (Å²) in [5.41, 5.74) is 8.59. The SMILES string of the molecule is CC/C=C1/NC(=O)/C=C/[C@@H](C(C)C)OC(=O)C(C)(C)[C@H](C[C@H](/C=C/C=C/CCCCCC(C)C)OC)OC(=O)CNC(=O)[C@H](CNC(N)=O)NC(=O)CNC(=O)C(CCCNC(N)=O)NC1=O. The number of methoxy groups -OCH3 is 1. The number of carbonyl (C=O) groups excluding carboxylic acids is 9. The Balaban J connectivity index is 3.64. The van der Waals surface area contributed by atoms with Crippen LogP contribution in [0.25, 0.3) is 0 Å². The molecule has 0 radical (unpaired) electrons. The predicted octanol–water partition coefficient (Wildman–Crippen LogP) is 1.91. The molecule has 9 amide bonds. The van der Waals surface area contributed by atoms with Crippen LogP contribution < -0.4 is 48.7 Å². The van der Waals surface area contributed by atoms with Crippen LogP contribution in [0.15, 0.2) is 48.2 Å². The summed E-state index contributed by atoms with van der Waals surface area (Å²) in [6, 6.07) is -4.67. The molecule has 0 aromatic rings. The molecule has 0 saturated heterocycles. The lowest BCUT2D eigenvalue weighted by atomic mass is 9.83. The van der Waals surface area contributed by atoms with Gasteiger partial charge in [0.2, 0.25) is 23.6 Å². The van der Waals surface area contributed by atoms with Crippen LogP contribution >= 0.6 is 0 Å². The second-order valence-electron chi connectivity index (χ2n) is 17.3. The van der Waals surface area contributed by atoms with E-state index in [0.29, 0.717) is 5.92 Å². The first-order chi connectivity index (χ1) is 31.6. The Hall–Kier alpha value is -6.25. The maximum absolute atomic E-state index is 14.1. The highest BCUT2D eigenvalue weighted by atomic mass is 16.6. The normalized spacial score (nSPS) is 22.5. The van der Waals surface area contributed by atoms with Gasteiger partial charge in [-0.05, 0) is 63.9 Å². The topological polar surface area (TPSA) is 318 Å². The van der Waals surface area contributed by atoms with E-state index in [0.717, 1.165) is 25.3 Å². The smallest absolute Gasteiger partial charge is 0.325 e. The number of ether oxygens (including phenoxy) is 3. The van der Waals surface area contributed by atoms with Gasteiger partial charge in [-0.1, -0.05) is 84.3 Å². The van der Waals surface area contributed by atoms with E-state index in [-0.39, 0.29) is 43.8 Å². The third-order valence-corrected chi connectivity index (χ3v) is 10.4. The maximum Gasteiger partial charge on any atom is 0.325 e. The van der Waals surface area contributed by atoms with Gasteiger partial charge in [-0.25, -0.2) is 9.59 Å². The summed E-state index contributed by atoms with van der Waals surface area (Å²) < 4.78 is 17.5. The Bertz CT molecular complexity index is 1790. The second-order valence-corrected chi connectivity index (χ2v) is 17.3. The second kappa shape index (κ2) is 31.6. The van der Waals surface area contributed by atoms with E-state index in [1.165, 1.54) is 46.0 Å². The van der Waals surface area contributed by atoms with Gasteiger partial charge in [0.1, 0.15) is 36.5 Å². The molecular weight excluding hydrogens is 871 g/mol. The molecule has 67 heavy (non-hydrogen) atoms. The highest BCUT2D eigenvalue weighted by Gasteiger charge is 2.43. The lowest BCUT2D eigenvalue weighted by molar-refractivity contribution is -0.175. The number of rotatable bonds is 19. The van der Waals surface area contributed by atoms with Gasteiger partial charge in [-0.15, -0.1) is 0 Å². The zero-order valence-corrected chi connectivity index (χ0v) is 40.3. The van der Waals surface area contributed by atoms with Crippen molar-refractivity contribution in [2.45, 2.75) is 137 Å². The molecule has 0 aromatic carbocycles. The number of nitrogens with one attached hydrogen (secondary N) is 7. The third-order valence-electron chi connectivity index (χ3n) is 10.4. The van der Waals surface area contributed by atoms with Crippen LogP contribution in [0.5, 0.6) is 0 Å². The van der Waals surface area contributed by atoms with Gasteiger partial charge < -0.3 is 62.9 Å². The number of hydrogen-bond donors (Lipinski definition) is 9. The fourth-order valence-corrected chi connectivity index (χ4v) is 6.33. The van der Waals surface area contributed by atoms with Gasteiger partial charge in [0, 0.05) is 32.7 Å². The fraction of sp³-hybridized carbons (Fsp3) is 0.630. The van der Waals surface area contributed by atoms with E-state index in [4.69, 9.17) is 25.7 Å². The number of esters is 2. The standard InChI is InChI=1S/C46H75N9O12/c1-9-18-32-42(61)55-33(21-17-24-49-44(47)63)40(59)50-27-38(57)54-34(26-52-45(48)64)41(60)51-28-39(58)67-36(25-31(65-8)20-16-14-12-10-11-13-15-19-29(2)3)46(6,7)43(62)66-35(30(4)5)22-23-37(56)53-32/h12,14,16,18,20,22-23,29-31,33-36H,9-11,13,15,17,19,21,24-28H2,1-8H3,(H,50,59)(H,51,60)(H,53,56)(H,54,57)(H,55,61)(H3,47,49,63)(H3,48,52,64)/b14-12+,20-16+,23-22+,32-18+/t31-,33?,34-,35-,36-/m0/s1. The van der Waals surface area contributed by atoms with Gasteiger partial charge in [-0.2, -0.15) is 0 Å². The number of amides is 9. The van der Waals surface area contributed by atoms with Crippen LogP contribution in [0.4, 0.5) is 9.59 Å². The number of urea groups is 2. The number of allylic oxidation sites excluding steroid dienone is 4. The van der Waals surface area contributed by atoms with Crippen molar-refractivity contribution < 1.29 is 57.4 Å². The minimum atomic E-state index is -1.55. The first kappa shape index (κ1) is 58.8. The van der Waals surface area contributed by atoms with Gasteiger partial charge in [0.05, 0.1) is 18.1 Å². The third kappa shape index (κ3) is 24.7. The lowest BCUT2D eigenvalue weighted by Gasteiger charge is -2.34. The molecule has 1 rings (SSSR count). The van der Waals surface area contributed by atoms with Crippen molar-refractivity contribution in [1.29, 1.82) is 0 Å². The summed E-state index contributed by atoms with van der Waals surface area (Å²) in [4.78, 5) is 117. The molecule has 21 nitrogen and oxygen atoms in total. The molecule has 0 bridgehead atoms. The van der Waals surface area contributed by atoms with Gasteiger partial charge >= 0.3 is 24.0 Å². The quantitative estimate of drug-likeness (QED) is 0.0388. The Kier molecular flexibility index (Phi) is 27.7. The van der Waals surface area contributed by atoms with Gasteiger partial charge in [0.25, 0.3) is 5.91 Å². The van der Waals surface area contributed by atoms with Crippen LogP contribution in [-0.2, 0) is 47.8 Å². The minimum Gasteiger partial charge on any atom is -0.460 e. The molecule has 0 saturated carbocycles. The molecule has 1 aliphatic heterocycles. The van der Waals surface area contributed by atoms with Crippen molar-refractivity contribution >= 4 is 53.5 Å². The van der Waals surface area contributed by atoms with Crippen molar-refractivity contribution in [2.75, 3.05) is 33.3 Å². The molecular formula is C46H75N9O12. The molecule has 5 atom stereocenters. The van der Waals surface area contributed by atoms with E-state index >= 15 is 0 Å². The average molecular weight is 946 g/mol. The highest BCUT2D eigenvalue weighted by molar-refractivity contribution is 6.02. The first-order valence-corrected chi connectivity index (χ1v) is 22.8. The summed E-state index contributed by atoms with van der Waals surface area (Å²) >= 11 is 0. The number of unbranched alkanes of at least 4 members (excludes halogenated alkanes) is 3. The molecule has 1 unspecified atom stereocenters.